The maximum absolute atomic E-state index is 6.26. The number of halogens is 1. The molecule has 1 unspecified atom stereocenters. The maximum atomic E-state index is 6.26. The molecular formula is C16H24ClNO. The van der Waals surface area contributed by atoms with E-state index >= 15 is 0 Å². The van der Waals surface area contributed by atoms with Crippen LogP contribution >= 0.6 is 11.6 Å². The first-order chi connectivity index (χ1) is 9.19. The molecule has 1 aliphatic carbocycles. The monoisotopic (exact) mass is 281 g/mol. The highest BCUT2D eigenvalue weighted by molar-refractivity contribution is 6.30. The van der Waals surface area contributed by atoms with Gasteiger partial charge in [0.1, 0.15) is 12.4 Å². The molecule has 1 aromatic rings. The fraction of sp³-hybridized carbons (Fsp3) is 0.625. The summed E-state index contributed by atoms with van der Waals surface area (Å²) in [7, 11) is 0. The largest absolute Gasteiger partial charge is 0.492 e. The van der Waals surface area contributed by atoms with Crippen LogP contribution in [0.4, 0.5) is 0 Å². The van der Waals surface area contributed by atoms with Gasteiger partial charge in [-0.15, -0.1) is 0 Å². The Balaban J connectivity index is 1.77. The molecule has 1 saturated carbocycles. The van der Waals surface area contributed by atoms with Crippen molar-refractivity contribution in [3.63, 3.8) is 0 Å². The van der Waals surface area contributed by atoms with Crippen LogP contribution in [-0.2, 0) is 0 Å². The van der Waals surface area contributed by atoms with Gasteiger partial charge in [-0.2, -0.15) is 0 Å². The topological polar surface area (TPSA) is 35.2 Å². The van der Waals surface area contributed by atoms with Crippen molar-refractivity contribution in [2.45, 2.75) is 45.1 Å². The molecule has 0 radical (unpaired) electrons. The lowest BCUT2D eigenvalue weighted by molar-refractivity contribution is 0.188. The molecule has 0 spiro atoms. The second-order valence-electron chi connectivity index (χ2n) is 5.62. The average molecular weight is 282 g/mol. The van der Waals surface area contributed by atoms with E-state index in [0.29, 0.717) is 17.5 Å². The van der Waals surface area contributed by atoms with Crippen molar-refractivity contribution in [3.8, 4) is 5.75 Å². The van der Waals surface area contributed by atoms with Crippen LogP contribution in [0.15, 0.2) is 24.3 Å². The zero-order valence-corrected chi connectivity index (χ0v) is 12.4. The van der Waals surface area contributed by atoms with E-state index in [1.54, 1.807) is 0 Å². The Morgan fingerprint density at radius 2 is 2.05 bits per heavy atom. The average Bonchev–Trinajstić information content (AvgIpc) is 2.45. The van der Waals surface area contributed by atoms with Crippen molar-refractivity contribution >= 4 is 11.6 Å². The van der Waals surface area contributed by atoms with Crippen LogP contribution in [0.3, 0.4) is 0 Å². The van der Waals surface area contributed by atoms with Crippen molar-refractivity contribution < 1.29 is 4.74 Å². The first-order valence-corrected chi connectivity index (χ1v) is 7.70. The maximum Gasteiger partial charge on any atom is 0.120 e. The normalized spacial score (nSPS) is 25.0. The molecule has 0 bridgehead atoms. The zero-order chi connectivity index (χ0) is 13.7. The van der Waals surface area contributed by atoms with E-state index in [0.717, 1.165) is 11.7 Å². The molecule has 0 aliphatic heterocycles. The smallest absolute Gasteiger partial charge is 0.120 e. The molecule has 1 aliphatic rings. The molecule has 106 valence electrons. The first kappa shape index (κ1) is 14.7. The fourth-order valence-electron chi connectivity index (χ4n) is 2.91. The standard InChI is InChI=1S/C16H24ClNO/c1-2-12-6-8-13(9-7-12)16(18)11-19-15-5-3-4-14(17)10-15/h3-5,10,12-13,16H,2,6-9,11,18H2,1H3. The predicted molar refractivity (Wildman–Crippen MR) is 80.7 cm³/mol. The van der Waals surface area contributed by atoms with Crippen LogP contribution in [0, 0.1) is 11.8 Å². The third-order valence-electron chi connectivity index (χ3n) is 4.31. The summed E-state index contributed by atoms with van der Waals surface area (Å²) in [6.45, 7) is 2.87. The molecule has 1 fully saturated rings. The number of hydrogen-bond acceptors (Lipinski definition) is 2. The van der Waals surface area contributed by atoms with E-state index in [4.69, 9.17) is 22.1 Å². The molecule has 1 aromatic carbocycles. The molecule has 2 N–H and O–H groups in total. The first-order valence-electron chi connectivity index (χ1n) is 7.33. The van der Waals surface area contributed by atoms with Crippen molar-refractivity contribution in [2.24, 2.45) is 17.6 Å². The summed E-state index contributed by atoms with van der Waals surface area (Å²) in [5.41, 5.74) is 6.26. The van der Waals surface area contributed by atoms with Crippen LogP contribution in [0.5, 0.6) is 5.75 Å². The summed E-state index contributed by atoms with van der Waals surface area (Å²) in [6, 6.07) is 7.64. The molecule has 2 rings (SSSR count). The number of rotatable bonds is 5. The summed E-state index contributed by atoms with van der Waals surface area (Å²) < 4.78 is 5.75. The molecule has 3 heteroatoms. The summed E-state index contributed by atoms with van der Waals surface area (Å²) in [5, 5.41) is 0.703. The highest BCUT2D eigenvalue weighted by Crippen LogP contribution is 2.32. The molecule has 0 aromatic heterocycles. The summed E-state index contributed by atoms with van der Waals surface area (Å²) in [5.74, 6) is 2.34. The lowest BCUT2D eigenvalue weighted by Crippen LogP contribution is -2.38. The Hall–Kier alpha value is -0.730. The Morgan fingerprint density at radius 1 is 1.32 bits per heavy atom. The van der Waals surface area contributed by atoms with Crippen LogP contribution in [0.25, 0.3) is 0 Å². The molecule has 1 atom stereocenters. The molecule has 0 saturated heterocycles. The lowest BCUT2D eigenvalue weighted by atomic mass is 9.78. The number of benzene rings is 1. The Kier molecular flexibility index (Phi) is 5.53. The predicted octanol–water partition coefficient (Wildman–Crippen LogP) is 4.26. The highest BCUT2D eigenvalue weighted by Gasteiger charge is 2.25. The van der Waals surface area contributed by atoms with Gasteiger partial charge in [0.25, 0.3) is 0 Å². The van der Waals surface area contributed by atoms with Crippen molar-refractivity contribution in [3.05, 3.63) is 29.3 Å². The van der Waals surface area contributed by atoms with Gasteiger partial charge in [-0.3, -0.25) is 0 Å². The molecule has 19 heavy (non-hydrogen) atoms. The third-order valence-corrected chi connectivity index (χ3v) is 4.55. The summed E-state index contributed by atoms with van der Waals surface area (Å²) in [6.07, 6.45) is 6.45. The van der Waals surface area contributed by atoms with E-state index in [9.17, 15) is 0 Å². The summed E-state index contributed by atoms with van der Waals surface area (Å²) in [4.78, 5) is 0. The second-order valence-corrected chi connectivity index (χ2v) is 6.06. The van der Waals surface area contributed by atoms with Crippen molar-refractivity contribution in [1.29, 1.82) is 0 Å². The minimum Gasteiger partial charge on any atom is -0.492 e. The highest BCUT2D eigenvalue weighted by atomic mass is 35.5. The second kappa shape index (κ2) is 7.16. The minimum absolute atomic E-state index is 0.136. The molecule has 2 nitrogen and oxygen atoms in total. The SMILES string of the molecule is CCC1CCC(C(N)COc2cccc(Cl)c2)CC1. The van der Waals surface area contributed by atoms with Gasteiger partial charge in [0.15, 0.2) is 0 Å². The van der Waals surface area contributed by atoms with Crippen LogP contribution in [0.1, 0.15) is 39.0 Å². The van der Waals surface area contributed by atoms with E-state index in [1.165, 1.54) is 32.1 Å². The van der Waals surface area contributed by atoms with Gasteiger partial charge < -0.3 is 10.5 Å². The van der Waals surface area contributed by atoms with Crippen molar-refractivity contribution in [1.82, 2.24) is 0 Å². The van der Waals surface area contributed by atoms with Gasteiger partial charge in [-0.25, -0.2) is 0 Å². The summed E-state index contributed by atoms with van der Waals surface area (Å²) >= 11 is 5.93. The number of hydrogen-bond donors (Lipinski definition) is 1. The Labute approximate surface area is 121 Å². The fourth-order valence-corrected chi connectivity index (χ4v) is 3.09. The molecular weight excluding hydrogens is 258 g/mol. The van der Waals surface area contributed by atoms with Gasteiger partial charge >= 0.3 is 0 Å². The Morgan fingerprint density at radius 3 is 2.68 bits per heavy atom. The van der Waals surface area contributed by atoms with Crippen LogP contribution in [0.2, 0.25) is 5.02 Å². The number of nitrogens with two attached hydrogens (primary N) is 1. The quantitative estimate of drug-likeness (QED) is 0.875. The lowest BCUT2D eigenvalue weighted by Gasteiger charge is -2.31. The van der Waals surface area contributed by atoms with E-state index < -0.39 is 0 Å². The molecule has 0 amide bonds. The van der Waals surface area contributed by atoms with Gasteiger partial charge in [-0.05, 0) is 42.9 Å². The van der Waals surface area contributed by atoms with E-state index in [1.807, 2.05) is 24.3 Å². The van der Waals surface area contributed by atoms with Crippen LogP contribution in [-0.4, -0.2) is 12.6 Å². The third kappa shape index (κ3) is 4.39. The zero-order valence-electron chi connectivity index (χ0n) is 11.6. The minimum atomic E-state index is 0.136. The van der Waals surface area contributed by atoms with Gasteiger partial charge in [0.2, 0.25) is 0 Å². The van der Waals surface area contributed by atoms with E-state index in [2.05, 4.69) is 6.92 Å². The number of ether oxygens (including phenoxy) is 1. The van der Waals surface area contributed by atoms with Gasteiger partial charge in [0.05, 0.1) is 0 Å². The van der Waals surface area contributed by atoms with Crippen LogP contribution < -0.4 is 10.5 Å². The molecule has 0 heterocycles. The van der Waals surface area contributed by atoms with Crippen molar-refractivity contribution in [2.75, 3.05) is 6.61 Å². The van der Waals surface area contributed by atoms with Gasteiger partial charge in [0, 0.05) is 11.1 Å². The van der Waals surface area contributed by atoms with Gasteiger partial charge in [-0.1, -0.05) is 43.9 Å². The van der Waals surface area contributed by atoms with E-state index in [-0.39, 0.29) is 6.04 Å². The Bertz CT molecular complexity index is 388.